The number of hydrogen-bond donors (Lipinski definition) is 0. The van der Waals surface area contributed by atoms with Gasteiger partial charge in [-0.1, -0.05) is 24.9 Å². The van der Waals surface area contributed by atoms with Gasteiger partial charge in [-0.15, -0.1) is 0 Å². The molecule has 96 valence electrons. The van der Waals surface area contributed by atoms with Crippen molar-refractivity contribution in [3.8, 4) is 0 Å². The molecule has 4 nitrogen and oxygen atoms in total. The van der Waals surface area contributed by atoms with Gasteiger partial charge in [-0.2, -0.15) is 0 Å². The Morgan fingerprint density at radius 3 is 3.06 bits per heavy atom. The average molecular weight is 267 g/mol. The summed E-state index contributed by atoms with van der Waals surface area (Å²) in [4.78, 5) is 29.2. The summed E-state index contributed by atoms with van der Waals surface area (Å²) >= 11 is 5.87. The van der Waals surface area contributed by atoms with E-state index in [0.717, 1.165) is 12.8 Å². The molecule has 1 aromatic rings. The third-order valence-electron chi connectivity index (χ3n) is 3.14. The zero-order chi connectivity index (χ0) is 13.1. The Morgan fingerprint density at radius 1 is 1.61 bits per heavy atom. The summed E-state index contributed by atoms with van der Waals surface area (Å²) in [6.45, 7) is 2.57. The van der Waals surface area contributed by atoms with Gasteiger partial charge in [0.25, 0.3) is 5.91 Å². The SMILES string of the molecule is CCCC1CC(=O)N(C(=O)c2cccnc2Cl)C1. The predicted octanol–water partition coefficient (Wildman–Crippen LogP) is 2.52. The predicted molar refractivity (Wildman–Crippen MR) is 68.3 cm³/mol. The maximum absolute atomic E-state index is 12.2. The van der Waals surface area contributed by atoms with Crippen molar-refractivity contribution in [2.75, 3.05) is 6.54 Å². The minimum atomic E-state index is -0.336. The fourth-order valence-corrected chi connectivity index (χ4v) is 2.47. The Morgan fingerprint density at radius 2 is 2.39 bits per heavy atom. The molecular formula is C13H15ClN2O2. The number of amides is 2. The second kappa shape index (κ2) is 5.48. The van der Waals surface area contributed by atoms with Crippen LogP contribution in [0.5, 0.6) is 0 Å². The van der Waals surface area contributed by atoms with Crippen LogP contribution in [-0.2, 0) is 4.79 Å². The molecule has 0 bridgehead atoms. The fraction of sp³-hybridized carbons (Fsp3) is 0.462. The highest BCUT2D eigenvalue weighted by Gasteiger charge is 2.34. The molecule has 0 radical (unpaired) electrons. The highest BCUT2D eigenvalue weighted by Crippen LogP contribution is 2.25. The molecule has 2 amide bonds. The van der Waals surface area contributed by atoms with Gasteiger partial charge in [-0.3, -0.25) is 14.5 Å². The second-order valence-corrected chi connectivity index (χ2v) is 4.87. The van der Waals surface area contributed by atoms with E-state index in [1.165, 1.54) is 11.1 Å². The average Bonchev–Trinajstić information content (AvgIpc) is 2.71. The van der Waals surface area contributed by atoms with Crippen LogP contribution >= 0.6 is 11.6 Å². The monoisotopic (exact) mass is 266 g/mol. The molecule has 0 spiro atoms. The van der Waals surface area contributed by atoms with Gasteiger partial charge >= 0.3 is 0 Å². The maximum atomic E-state index is 12.2. The molecule has 2 rings (SSSR count). The molecule has 0 N–H and O–H groups in total. The number of hydrogen-bond acceptors (Lipinski definition) is 3. The van der Waals surface area contributed by atoms with E-state index in [-0.39, 0.29) is 22.9 Å². The Labute approximate surface area is 111 Å². The first-order valence-corrected chi connectivity index (χ1v) is 6.46. The van der Waals surface area contributed by atoms with Crippen molar-refractivity contribution in [3.05, 3.63) is 29.0 Å². The van der Waals surface area contributed by atoms with Crippen LogP contribution in [0.3, 0.4) is 0 Å². The van der Waals surface area contributed by atoms with Gasteiger partial charge in [0.15, 0.2) is 0 Å². The van der Waals surface area contributed by atoms with Crippen LogP contribution < -0.4 is 0 Å². The largest absolute Gasteiger partial charge is 0.278 e. The minimum absolute atomic E-state index is 0.113. The molecule has 1 fully saturated rings. The first-order chi connectivity index (χ1) is 8.63. The van der Waals surface area contributed by atoms with E-state index < -0.39 is 0 Å². The van der Waals surface area contributed by atoms with Crippen LogP contribution in [0.1, 0.15) is 36.5 Å². The third kappa shape index (κ3) is 2.53. The molecule has 1 aromatic heterocycles. The Bertz CT molecular complexity index is 476. The molecule has 1 atom stereocenters. The zero-order valence-corrected chi connectivity index (χ0v) is 11.0. The Hall–Kier alpha value is -1.42. The Kier molecular flexibility index (Phi) is 3.97. The number of likely N-dealkylation sites (tertiary alicyclic amines) is 1. The lowest BCUT2D eigenvalue weighted by Gasteiger charge is -2.15. The first-order valence-electron chi connectivity index (χ1n) is 6.08. The number of imide groups is 1. The van der Waals surface area contributed by atoms with E-state index >= 15 is 0 Å². The van der Waals surface area contributed by atoms with E-state index in [1.807, 2.05) is 0 Å². The van der Waals surface area contributed by atoms with Gasteiger partial charge in [0.2, 0.25) is 5.91 Å². The number of rotatable bonds is 3. The van der Waals surface area contributed by atoms with Gasteiger partial charge in [0, 0.05) is 19.2 Å². The molecule has 5 heteroatoms. The third-order valence-corrected chi connectivity index (χ3v) is 3.44. The van der Waals surface area contributed by atoms with Crippen LogP contribution in [0.4, 0.5) is 0 Å². The maximum Gasteiger partial charge on any atom is 0.263 e. The molecule has 2 heterocycles. The van der Waals surface area contributed by atoms with Crippen molar-refractivity contribution < 1.29 is 9.59 Å². The summed E-state index contributed by atoms with van der Waals surface area (Å²) in [6, 6.07) is 3.24. The lowest BCUT2D eigenvalue weighted by molar-refractivity contribution is -0.125. The molecule has 0 aromatic carbocycles. The normalized spacial score (nSPS) is 19.3. The summed E-state index contributed by atoms with van der Waals surface area (Å²) in [5.74, 6) is -0.169. The molecular weight excluding hydrogens is 252 g/mol. The lowest BCUT2D eigenvalue weighted by Crippen LogP contribution is -2.32. The summed E-state index contributed by atoms with van der Waals surface area (Å²) in [5.41, 5.74) is 0.296. The van der Waals surface area contributed by atoms with E-state index in [9.17, 15) is 9.59 Å². The highest BCUT2D eigenvalue weighted by atomic mass is 35.5. The van der Waals surface area contributed by atoms with Crippen molar-refractivity contribution in [1.29, 1.82) is 0 Å². The standard InChI is InChI=1S/C13H15ClN2O2/c1-2-4-9-7-11(17)16(8-9)13(18)10-5-3-6-15-12(10)14/h3,5-6,9H,2,4,7-8H2,1H3. The Balaban J connectivity index is 2.15. The summed E-state index contributed by atoms with van der Waals surface area (Å²) < 4.78 is 0. The number of aromatic nitrogens is 1. The topological polar surface area (TPSA) is 50.3 Å². The van der Waals surface area contributed by atoms with Crippen LogP contribution in [0.25, 0.3) is 0 Å². The summed E-state index contributed by atoms with van der Waals surface area (Å²) in [5, 5.41) is 0.147. The van der Waals surface area contributed by atoms with Crippen molar-refractivity contribution in [1.82, 2.24) is 9.88 Å². The minimum Gasteiger partial charge on any atom is -0.278 e. The van der Waals surface area contributed by atoms with Crippen LogP contribution in [0, 0.1) is 5.92 Å². The van der Waals surface area contributed by atoms with Crippen molar-refractivity contribution in [2.24, 2.45) is 5.92 Å². The van der Waals surface area contributed by atoms with Gasteiger partial charge in [-0.25, -0.2) is 4.98 Å². The molecule has 1 saturated heterocycles. The molecule has 1 unspecified atom stereocenters. The van der Waals surface area contributed by atoms with Crippen LogP contribution in [0.2, 0.25) is 5.15 Å². The van der Waals surface area contributed by atoms with Gasteiger partial charge in [0.1, 0.15) is 5.15 Å². The number of pyridine rings is 1. The van der Waals surface area contributed by atoms with Crippen molar-refractivity contribution >= 4 is 23.4 Å². The van der Waals surface area contributed by atoms with Gasteiger partial charge < -0.3 is 0 Å². The zero-order valence-electron chi connectivity index (χ0n) is 10.2. The quantitative estimate of drug-likeness (QED) is 0.624. The van der Waals surface area contributed by atoms with Gasteiger partial charge in [-0.05, 0) is 24.5 Å². The summed E-state index contributed by atoms with van der Waals surface area (Å²) in [6.07, 6.45) is 3.96. The molecule has 1 aliphatic rings. The molecule has 18 heavy (non-hydrogen) atoms. The molecule has 0 aliphatic carbocycles. The summed E-state index contributed by atoms with van der Waals surface area (Å²) in [7, 11) is 0. The van der Waals surface area contributed by atoms with Crippen molar-refractivity contribution in [3.63, 3.8) is 0 Å². The number of halogens is 1. The highest BCUT2D eigenvalue weighted by molar-refractivity contribution is 6.33. The lowest BCUT2D eigenvalue weighted by atomic mass is 10.0. The number of nitrogens with zero attached hydrogens (tertiary/aromatic N) is 2. The molecule has 0 saturated carbocycles. The van der Waals surface area contributed by atoms with Crippen molar-refractivity contribution in [2.45, 2.75) is 26.2 Å². The van der Waals surface area contributed by atoms with E-state index in [2.05, 4.69) is 11.9 Å². The molecule has 1 aliphatic heterocycles. The van der Waals surface area contributed by atoms with E-state index in [1.54, 1.807) is 12.1 Å². The van der Waals surface area contributed by atoms with Crippen LogP contribution in [-0.4, -0.2) is 28.2 Å². The first kappa shape index (κ1) is 13.0. The van der Waals surface area contributed by atoms with E-state index in [4.69, 9.17) is 11.6 Å². The van der Waals surface area contributed by atoms with E-state index in [0.29, 0.717) is 18.5 Å². The number of carbonyl (C=O) groups is 2. The van der Waals surface area contributed by atoms with Crippen LogP contribution in [0.15, 0.2) is 18.3 Å². The van der Waals surface area contributed by atoms with Gasteiger partial charge in [0.05, 0.1) is 5.56 Å². The smallest absolute Gasteiger partial charge is 0.263 e. The number of carbonyl (C=O) groups excluding carboxylic acids is 2. The second-order valence-electron chi connectivity index (χ2n) is 4.51. The fourth-order valence-electron chi connectivity index (χ4n) is 2.27.